The molecule has 19 heavy (non-hydrogen) atoms. The summed E-state index contributed by atoms with van der Waals surface area (Å²) in [6, 6.07) is 1.70. The third-order valence-corrected chi connectivity index (χ3v) is 4.62. The van der Waals surface area contributed by atoms with Gasteiger partial charge < -0.3 is 10.5 Å². The van der Waals surface area contributed by atoms with Crippen molar-refractivity contribution >= 4 is 11.9 Å². The molecule has 0 aromatic carbocycles. The lowest BCUT2D eigenvalue weighted by Gasteiger charge is -2.60. The topological polar surface area (TPSA) is 90.1 Å². The highest BCUT2D eigenvalue weighted by Crippen LogP contribution is 2.58. The normalized spacial score (nSPS) is 35.3. The first-order chi connectivity index (χ1) is 8.98. The SMILES string of the molecule is CC1(C)C2OCCC2C1(N)C(=O)Nc1ncccn1. The van der Waals surface area contributed by atoms with Gasteiger partial charge in [-0.1, -0.05) is 13.8 Å². The van der Waals surface area contributed by atoms with E-state index in [1.54, 1.807) is 18.5 Å². The summed E-state index contributed by atoms with van der Waals surface area (Å²) in [4.78, 5) is 20.5. The maximum atomic E-state index is 12.5. The van der Waals surface area contributed by atoms with E-state index in [4.69, 9.17) is 10.5 Å². The number of fused-ring (bicyclic) bond motifs is 1. The first kappa shape index (κ1) is 12.5. The number of aromatic nitrogens is 2. The van der Waals surface area contributed by atoms with Gasteiger partial charge in [0, 0.05) is 30.3 Å². The Balaban J connectivity index is 1.83. The van der Waals surface area contributed by atoms with Crippen molar-refractivity contribution in [3.05, 3.63) is 18.5 Å². The number of nitrogens with one attached hydrogen (secondary N) is 1. The molecule has 1 aromatic rings. The zero-order valence-corrected chi connectivity index (χ0v) is 11.1. The van der Waals surface area contributed by atoms with Crippen LogP contribution in [-0.4, -0.2) is 34.1 Å². The van der Waals surface area contributed by atoms with Crippen molar-refractivity contribution in [2.45, 2.75) is 31.9 Å². The van der Waals surface area contributed by atoms with Crippen LogP contribution in [-0.2, 0) is 9.53 Å². The summed E-state index contributed by atoms with van der Waals surface area (Å²) in [5.74, 6) is 0.136. The van der Waals surface area contributed by atoms with Crippen molar-refractivity contribution < 1.29 is 9.53 Å². The van der Waals surface area contributed by atoms with Crippen molar-refractivity contribution in [2.75, 3.05) is 11.9 Å². The van der Waals surface area contributed by atoms with E-state index in [0.29, 0.717) is 6.61 Å². The van der Waals surface area contributed by atoms with Gasteiger partial charge in [-0.15, -0.1) is 0 Å². The molecule has 3 atom stereocenters. The van der Waals surface area contributed by atoms with E-state index < -0.39 is 5.54 Å². The highest BCUT2D eigenvalue weighted by atomic mass is 16.5. The van der Waals surface area contributed by atoms with Crippen LogP contribution in [0.4, 0.5) is 5.95 Å². The number of anilines is 1. The van der Waals surface area contributed by atoms with Gasteiger partial charge in [0.05, 0.1) is 6.10 Å². The largest absolute Gasteiger partial charge is 0.377 e. The molecule has 0 radical (unpaired) electrons. The van der Waals surface area contributed by atoms with Crippen molar-refractivity contribution in [3.8, 4) is 0 Å². The molecule has 2 aliphatic rings. The van der Waals surface area contributed by atoms with E-state index in [-0.39, 0.29) is 29.3 Å². The summed E-state index contributed by atoms with van der Waals surface area (Å²) in [6.07, 6.45) is 4.06. The standard InChI is InChI=1S/C13H18N4O2/c1-12(2)9-8(4-7-19-9)13(12,14)10(18)17-11-15-5-3-6-16-11/h3,5-6,8-9H,4,7,14H2,1-2H3,(H,15,16,17,18). The van der Waals surface area contributed by atoms with Crippen LogP contribution >= 0.6 is 0 Å². The van der Waals surface area contributed by atoms with Gasteiger partial charge in [-0.25, -0.2) is 9.97 Å². The Morgan fingerprint density at radius 3 is 2.84 bits per heavy atom. The lowest BCUT2D eigenvalue weighted by Crippen LogP contribution is -2.79. The number of ether oxygens (including phenoxy) is 1. The Kier molecular flexibility index (Phi) is 2.62. The fraction of sp³-hybridized carbons (Fsp3) is 0.615. The monoisotopic (exact) mass is 262 g/mol. The van der Waals surface area contributed by atoms with Gasteiger partial charge in [0.15, 0.2) is 0 Å². The third-order valence-electron chi connectivity index (χ3n) is 4.62. The highest BCUT2D eigenvalue weighted by Gasteiger charge is 2.71. The molecule has 0 bridgehead atoms. The van der Waals surface area contributed by atoms with Crippen LogP contribution in [0.15, 0.2) is 18.5 Å². The number of hydrogen-bond acceptors (Lipinski definition) is 5. The number of carbonyl (C=O) groups is 1. The molecular weight excluding hydrogens is 244 g/mol. The molecule has 2 heterocycles. The molecule has 6 nitrogen and oxygen atoms in total. The van der Waals surface area contributed by atoms with Crippen LogP contribution < -0.4 is 11.1 Å². The number of nitrogens with two attached hydrogens (primary N) is 1. The number of hydrogen-bond donors (Lipinski definition) is 2. The predicted molar refractivity (Wildman–Crippen MR) is 69.2 cm³/mol. The van der Waals surface area contributed by atoms with Crippen molar-refractivity contribution in [2.24, 2.45) is 17.1 Å². The predicted octanol–water partition coefficient (Wildman–Crippen LogP) is 0.557. The molecule has 3 rings (SSSR count). The fourth-order valence-electron chi connectivity index (χ4n) is 3.41. The van der Waals surface area contributed by atoms with E-state index in [2.05, 4.69) is 15.3 Å². The molecule has 1 aromatic heterocycles. The molecular formula is C13H18N4O2. The van der Waals surface area contributed by atoms with Gasteiger partial charge in [0.2, 0.25) is 11.9 Å². The Bertz CT molecular complexity index is 505. The molecule has 0 spiro atoms. The van der Waals surface area contributed by atoms with Crippen molar-refractivity contribution in [3.63, 3.8) is 0 Å². The quantitative estimate of drug-likeness (QED) is 0.812. The minimum Gasteiger partial charge on any atom is -0.377 e. The maximum Gasteiger partial charge on any atom is 0.247 e. The maximum absolute atomic E-state index is 12.5. The van der Waals surface area contributed by atoms with Crippen LogP contribution in [0, 0.1) is 11.3 Å². The zero-order valence-electron chi connectivity index (χ0n) is 11.1. The Hall–Kier alpha value is -1.53. The molecule has 3 unspecified atom stereocenters. The van der Waals surface area contributed by atoms with Crippen LogP contribution in [0.2, 0.25) is 0 Å². The lowest BCUT2D eigenvalue weighted by molar-refractivity contribution is -0.170. The molecule has 2 fully saturated rings. The smallest absolute Gasteiger partial charge is 0.247 e. The van der Waals surface area contributed by atoms with Gasteiger partial charge in [-0.2, -0.15) is 0 Å². The Morgan fingerprint density at radius 1 is 1.47 bits per heavy atom. The van der Waals surface area contributed by atoms with Gasteiger partial charge in [0.1, 0.15) is 5.54 Å². The summed E-state index contributed by atoms with van der Waals surface area (Å²) in [7, 11) is 0. The van der Waals surface area contributed by atoms with E-state index in [0.717, 1.165) is 6.42 Å². The van der Waals surface area contributed by atoms with Crippen LogP contribution in [0.25, 0.3) is 0 Å². The zero-order chi connectivity index (χ0) is 13.7. The summed E-state index contributed by atoms with van der Waals surface area (Å²) in [5.41, 5.74) is 5.10. The molecule has 1 saturated carbocycles. The van der Waals surface area contributed by atoms with Gasteiger partial charge >= 0.3 is 0 Å². The van der Waals surface area contributed by atoms with Gasteiger partial charge in [-0.3, -0.25) is 10.1 Å². The molecule has 1 saturated heterocycles. The van der Waals surface area contributed by atoms with Crippen LogP contribution in [0.1, 0.15) is 20.3 Å². The van der Waals surface area contributed by atoms with E-state index in [9.17, 15) is 4.79 Å². The number of rotatable bonds is 2. The minimum atomic E-state index is -0.923. The number of nitrogens with zero attached hydrogens (tertiary/aromatic N) is 2. The second-order valence-corrected chi connectivity index (χ2v) is 5.80. The van der Waals surface area contributed by atoms with E-state index in [1.807, 2.05) is 13.8 Å². The fourth-order valence-corrected chi connectivity index (χ4v) is 3.41. The van der Waals surface area contributed by atoms with E-state index >= 15 is 0 Å². The summed E-state index contributed by atoms with van der Waals surface area (Å²) < 4.78 is 5.67. The van der Waals surface area contributed by atoms with E-state index in [1.165, 1.54) is 0 Å². The molecule has 1 amide bonds. The summed E-state index contributed by atoms with van der Waals surface area (Å²) in [6.45, 7) is 4.63. The van der Waals surface area contributed by atoms with Crippen LogP contribution in [0.3, 0.4) is 0 Å². The van der Waals surface area contributed by atoms with Gasteiger partial charge in [0.25, 0.3) is 0 Å². The van der Waals surface area contributed by atoms with Crippen LogP contribution in [0.5, 0.6) is 0 Å². The van der Waals surface area contributed by atoms with Gasteiger partial charge in [-0.05, 0) is 12.5 Å². The highest BCUT2D eigenvalue weighted by molar-refractivity contribution is 5.99. The molecule has 3 N–H and O–H groups in total. The average molecular weight is 262 g/mol. The molecule has 102 valence electrons. The number of carbonyl (C=O) groups excluding carboxylic acids is 1. The number of amides is 1. The van der Waals surface area contributed by atoms with Crippen molar-refractivity contribution in [1.82, 2.24) is 9.97 Å². The lowest BCUT2D eigenvalue weighted by atomic mass is 9.48. The Labute approximate surface area is 111 Å². The summed E-state index contributed by atoms with van der Waals surface area (Å²) >= 11 is 0. The first-order valence-electron chi connectivity index (χ1n) is 6.47. The molecule has 6 heteroatoms. The van der Waals surface area contributed by atoms with Crippen molar-refractivity contribution in [1.29, 1.82) is 0 Å². The molecule has 1 aliphatic carbocycles. The second-order valence-electron chi connectivity index (χ2n) is 5.80. The first-order valence-corrected chi connectivity index (χ1v) is 6.47. The summed E-state index contributed by atoms with van der Waals surface area (Å²) in [5, 5.41) is 2.71. The average Bonchev–Trinajstić information content (AvgIpc) is 2.87. The minimum absolute atomic E-state index is 0.0694. The molecule has 1 aliphatic heterocycles. The second kappa shape index (κ2) is 3.98. The Morgan fingerprint density at radius 2 is 2.16 bits per heavy atom. The third kappa shape index (κ3) is 1.53.